The molecule has 1 aromatic heterocycles. The van der Waals surface area contributed by atoms with Gasteiger partial charge in [-0.25, -0.2) is 22.0 Å². The van der Waals surface area contributed by atoms with Crippen molar-refractivity contribution in [3.8, 4) is 5.75 Å². The van der Waals surface area contributed by atoms with Gasteiger partial charge >= 0.3 is 0 Å². The van der Waals surface area contributed by atoms with Crippen molar-refractivity contribution in [2.45, 2.75) is 30.1 Å². The Morgan fingerprint density at radius 2 is 1.84 bits per heavy atom. The number of sulfonamides is 2. The summed E-state index contributed by atoms with van der Waals surface area (Å²) >= 11 is 0. The summed E-state index contributed by atoms with van der Waals surface area (Å²) in [6.07, 6.45) is 0.394. The Balaban J connectivity index is 1.85. The molecule has 170 valence electrons. The standard InChI is InChI=1S/C18H24N4O7S2/c1-12-17(13(2)29-20-12)31(26,27)22-8-4-7-21(9-10-22)18(23)15-11-14(30(19,24)25)5-6-16(15)28-3/h5-6,11H,4,7-10H2,1-3H3,(H2,19,24,25). The zero-order valence-corrected chi connectivity index (χ0v) is 19.0. The quantitative estimate of drug-likeness (QED) is 0.659. The normalized spacial score (nSPS) is 16.2. The Morgan fingerprint density at radius 3 is 2.42 bits per heavy atom. The van der Waals surface area contributed by atoms with Crippen molar-refractivity contribution in [1.82, 2.24) is 14.4 Å². The fourth-order valence-electron chi connectivity index (χ4n) is 3.51. The van der Waals surface area contributed by atoms with Crippen LogP contribution in [0.15, 0.2) is 32.5 Å². The number of hydrogen-bond donors (Lipinski definition) is 1. The molecule has 1 amide bonds. The molecule has 0 spiro atoms. The number of primary sulfonamides is 1. The molecule has 31 heavy (non-hydrogen) atoms. The van der Waals surface area contributed by atoms with E-state index in [4.69, 9.17) is 14.4 Å². The number of hydrogen-bond acceptors (Lipinski definition) is 8. The highest BCUT2D eigenvalue weighted by Gasteiger charge is 2.33. The maximum absolute atomic E-state index is 13.1. The first-order chi connectivity index (χ1) is 14.5. The van der Waals surface area contributed by atoms with Crippen molar-refractivity contribution in [3.05, 3.63) is 35.2 Å². The lowest BCUT2D eigenvalue weighted by Gasteiger charge is -2.23. The number of methoxy groups -OCH3 is 1. The minimum atomic E-state index is -4.01. The van der Waals surface area contributed by atoms with Crippen LogP contribution in [0.4, 0.5) is 0 Å². The van der Waals surface area contributed by atoms with Gasteiger partial charge in [0.25, 0.3) is 5.91 Å². The average Bonchev–Trinajstić information content (AvgIpc) is 2.91. The topological polar surface area (TPSA) is 153 Å². The van der Waals surface area contributed by atoms with Crippen LogP contribution in [-0.2, 0) is 20.0 Å². The van der Waals surface area contributed by atoms with Crippen molar-refractivity contribution in [2.75, 3.05) is 33.3 Å². The first-order valence-electron chi connectivity index (χ1n) is 9.40. The van der Waals surface area contributed by atoms with E-state index in [1.54, 1.807) is 6.92 Å². The first kappa shape index (κ1) is 23.2. The molecule has 0 saturated carbocycles. The maximum atomic E-state index is 13.1. The van der Waals surface area contributed by atoms with Crippen molar-refractivity contribution < 1.29 is 30.9 Å². The average molecular weight is 473 g/mol. The minimum Gasteiger partial charge on any atom is -0.496 e. The summed E-state index contributed by atoms with van der Waals surface area (Å²) < 4.78 is 61.0. The molecule has 0 radical (unpaired) electrons. The van der Waals surface area contributed by atoms with Crippen LogP contribution in [0.5, 0.6) is 5.75 Å². The van der Waals surface area contributed by atoms with Gasteiger partial charge in [-0.05, 0) is 38.5 Å². The minimum absolute atomic E-state index is 0.0369. The smallest absolute Gasteiger partial charge is 0.257 e. The van der Waals surface area contributed by atoms with Crippen LogP contribution in [0.1, 0.15) is 28.2 Å². The van der Waals surface area contributed by atoms with E-state index in [1.807, 2.05) is 0 Å². The van der Waals surface area contributed by atoms with Crippen molar-refractivity contribution in [1.29, 1.82) is 0 Å². The molecule has 1 aromatic carbocycles. The van der Waals surface area contributed by atoms with Gasteiger partial charge in [-0.2, -0.15) is 4.31 Å². The largest absolute Gasteiger partial charge is 0.496 e. The Labute approximate surface area is 180 Å². The van der Waals surface area contributed by atoms with Crippen molar-refractivity contribution in [2.24, 2.45) is 5.14 Å². The van der Waals surface area contributed by atoms with Gasteiger partial charge in [0.1, 0.15) is 16.3 Å². The van der Waals surface area contributed by atoms with Gasteiger partial charge < -0.3 is 14.2 Å². The summed E-state index contributed by atoms with van der Waals surface area (Å²) in [7, 11) is -6.49. The molecule has 13 heteroatoms. The Bertz CT molecular complexity index is 1190. The Kier molecular flexibility index (Phi) is 6.41. The van der Waals surface area contributed by atoms with E-state index in [-0.39, 0.29) is 58.7 Å². The molecule has 2 aromatic rings. The van der Waals surface area contributed by atoms with E-state index >= 15 is 0 Å². The van der Waals surface area contributed by atoms with Crippen LogP contribution in [-0.4, -0.2) is 70.4 Å². The molecule has 0 bridgehead atoms. The lowest BCUT2D eigenvalue weighted by atomic mass is 10.1. The molecule has 0 atom stereocenters. The van der Waals surface area contributed by atoms with Crippen LogP contribution in [0, 0.1) is 13.8 Å². The predicted molar refractivity (Wildman–Crippen MR) is 110 cm³/mol. The molecule has 1 fully saturated rings. The van der Waals surface area contributed by atoms with Crippen LogP contribution in [0.2, 0.25) is 0 Å². The van der Waals surface area contributed by atoms with Gasteiger partial charge in [-0.15, -0.1) is 0 Å². The van der Waals surface area contributed by atoms with E-state index in [2.05, 4.69) is 5.16 Å². The number of nitrogens with two attached hydrogens (primary N) is 1. The summed E-state index contributed by atoms with van der Waals surface area (Å²) in [6.45, 7) is 3.77. The first-order valence-corrected chi connectivity index (χ1v) is 12.4. The van der Waals surface area contributed by atoms with Crippen LogP contribution < -0.4 is 9.88 Å². The predicted octanol–water partition coefficient (Wildman–Crippen LogP) is 0.484. The second-order valence-corrected chi connectivity index (χ2v) is 10.5. The van der Waals surface area contributed by atoms with Crippen molar-refractivity contribution in [3.63, 3.8) is 0 Å². The second-order valence-electron chi connectivity index (χ2n) is 7.11. The number of rotatable bonds is 5. The van der Waals surface area contributed by atoms with Gasteiger partial charge in [0.15, 0.2) is 5.76 Å². The number of carbonyl (C=O) groups is 1. The Morgan fingerprint density at radius 1 is 1.13 bits per heavy atom. The third-order valence-electron chi connectivity index (χ3n) is 5.04. The third-order valence-corrected chi connectivity index (χ3v) is 8.09. The fraction of sp³-hybridized carbons (Fsp3) is 0.444. The molecule has 0 unspecified atom stereocenters. The number of carbonyl (C=O) groups excluding carboxylic acids is 1. The van der Waals surface area contributed by atoms with Crippen molar-refractivity contribution >= 4 is 26.0 Å². The van der Waals surface area contributed by atoms with Gasteiger partial charge in [0.05, 0.1) is 17.6 Å². The summed E-state index contributed by atoms with van der Waals surface area (Å²) in [6, 6.07) is 3.78. The monoisotopic (exact) mass is 472 g/mol. The van der Waals surface area contributed by atoms with Gasteiger partial charge in [0, 0.05) is 26.2 Å². The molecule has 1 aliphatic heterocycles. The van der Waals surface area contributed by atoms with Gasteiger partial charge in [0.2, 0.25) is 20.0 Å². The summed E-state index contributed by atoms with van der Waals surface area (Å²) in [5.41, 5.74) is 0.315. The number of benzene rings is 1. The second kappa shape index (κ2) is 8.57. The summed E-state index contributed by atoms with van der Waals surface area (Å²) in [5, 5.41) is 8.89. The fourth-order valence-corrected chi connectivity index (χ4v) is 5.81. The van der Waals surface area contributed by atoms with Crippen LogP contribution in [0.3, 0.4) is 0 Å². The molecule has 3 rings (SSSR count). The highest BCUT2D eigenvalue weighted by molar-refractivity contribution is 7.89. The number of amides is 1. The summed E-state index contributed by atoms with van der Waals surface area (Å²) in [5.74, 6) is -0.0694. The molecule has 2 N–H and O–H groups in total. The lowest BCUT2D eigenvalue weighted by Crippen LogP contribution is -2.37. The zero-order valence-electron chi connectivity index (χ0n) is 17.4. The van der Waals surface area contributed by atoms with E-state index < -0.39 is 26.0 Å². The highest BCUT2D eigenvalue weighted by Crippen LogP contribution is 2.26. The molecule has 2 heterocycles. The van der Waals surface area contributed by atoms with Gasteiger partial charge in [-0.1, -0.05) is 5.16 Å². The lowest BCUT2D eigenvalue weighted by molar-refractivity contribution is 0.0760. The molecular formula is C18H24N4O7S2. The van der Waals surface area contributed by atoms with E-state index in [1.165, 1.54) is 41.4 Å². The maximum Gasteiger partial charge on any atom is 0.257 e. The number of aromatic nitrogens is 1. The Hall–Kier alpha value is -2.48. The summed E-state index contributed by atoms with van der Waals surface area (Å²) in [4.78, 5) is 14.4. The van der Waals surface area contributed by atoms with E-state index in [0.29, 0.717) is 6.42 Å². The van der Waals surface area contributed by atoms with E-state index in [0.717, 1.165) is 0 Å². The van der Waals surface area contributed by atoms with Crippen LogP contribution in [0.25, 0.3) is 0 Å². The SMILES string of the molecule is COc1ccc(S(N)(=O)=O)cc1C(=O)N1CCCN(S(=O)(=O)c2c(C)noc2C)CC1. The number of ether oxygens (including phenoxy) is 1. The van der Waals surface area contributed by atoms with Crippen LogP contribution >= 0.6 is 0 Å². The zero-order chi connectivity index (χ0) is 23.0. The van der Waals surface area contributed by atoms with E-state index in [9.17, 15) is 21.6 Å². The molecular weight excluding hydrogens is 448 g/mol. The highest BCUT2D eigenvalue weighted by atomic mass is 32.2. The molecule has 11 nitrogen and oxygen atoms in total. The third kappa shape index (κ3) is 4.59. The molecule has 1 saturated heterocycles. The molecule has 1 aliphatic rings. The number of nitrogens with zero attached hydrogens (tertiary/aromatic N) is 3. The van der Waals surface area contributed by atoms with Gasteiger partial charge in [-0.3, -0.25) is 4.79 Å². The number of aryl methyl sites for hydroxylation is 2. The molecule has 0 aliphatic carbocycles.